The minimum atomic E-state index is -0.632. The molecule has 1 aromatic carbocycles. The predicted octanol–water partition coefficient (Wildman–Crippen LogP) is 5.13. The molecule has 198 valence electrons. The van der Waals surface area contributed by atoms with Crippen LogP contribution >= 0.6 is 0 Å². The highest BCUT2D eigenvalue weighted by Gasteiger charge is 2.27. The number of aromatic nitrogens is 3. The van der Waals surface area contributed by atoms with Gasteiger partial charge in [0.25, 0.3) is 0 Å². The summed E-state index contributed by atoms with van der Waals surface area (Å²) in [6.45, 7) is 15.3. The standard InChI is InChI=1S/C28H31FN6O3/c1-18-8-9-20(14-31-18)22-16-35(33-26(22)19-10-11-24(30-5)23(29)13-19)17-25(36)34-12-6-7-21(15-34)32-27(37)38-28(2,3)4/h8-11,13-14,16,21H,6-7,12,15,17H2,1-4H3,(H,32,37)/t21-/m1/s1. The van der Waals surface area contributed by atoms with E-state index in [1.54, 1.807) is 48.8 Å². The topological polar surface area (TPSA) is 93.7 Å². The summed E-state index contributed by atoms with van der Waals surface area (Å²) in [4.78, 5) is 34.7. The van der Waals surface area contributed by atoms with Crippen LogP contribution in [0.15, 0.2) is 42.7 Å². The van der Waals surface area contributed by atoms with E-state index in [0.29, 0.717) is 29.9 Å². The van der Waals surface area contributed by atoms with Gasteiger partial charge in [-0.25, -0.2) is 14.0 Å². The number of ether oxygens (including phenoxy) is 1. The number of piperidine rings is 1. The van der Waals surface area contributed by atoms with Crippen molar-refractivity contribution < 1.29 is 18.7 Å². The van der Waals surface area contributed by atoms with Gasteiger partial charge in [0.15, 0.2) is 0 Å². The first-order valence-electron chi connectivity index (χ1n) is 12.5. The zero-order valence-electron chi connectivity index (χ0n) is 22.0. The molecule has 1 atom stereocenters. The van der Waals surface area contributed by atoms with Gasteiger partial charge in [-0.3, -0.25) is 14.5 Å². The van der Waals surface area contributed by atoms with Gasteiger partial charge in [0, 0.05) is 53.9 Å². The fourth-order valence-electron chi connectivity index (χ4n) is 4.33. The average molecular weight is 519 g/mol. The number of likely N-dealkylation sites (tertiary alicyclic amines) is 1. The lowest BCUT2D eigenvalue weighted by Crippen LogP contribution is -2.51. The number of carbonyl (C=O) groups excluding carboxylic acids is 2. The maximum Gasteiger partial charge on any atom is 0.407 e. The Morgan fingerprint density at radius 3 is 2.66 bits per heavy atom. The number of alkyl carbamates (subject to hydrolysis) is 1. The summed E-state index contributed by atoms with van der Waals surface area (Å²) in [5.41, 5.74) is 2.64. The Bertz CT molecular complexity index is 1370. The molecule has 10 heteroatoms. The van der Waals surface area contributed by atoms with Crippen LogP contribution < -0.4 is 5.32 Å². The summed E-state index contributed by atoms with van der Waals surface area (Å²) >= 11 is 0. The summed E-state index contributed by atoms with van der Waals surface area (Å²) in [6, 6.07) is 7.92. The van der Waals surface area contributed by atoms with Crippen molar-refractivity contribution in [1.29, 1.82) is 0 Å². The normalized spacial score (nSPS) is 15.6. The van der Waals surface area contributed by atoms with Crippen molar-refractivity contribution in [2.45, 2.75) is 58.7 Å². The number of pyridine rings is 1. The van der Waals surface area contributed by atoms with Gasteiger partial charge in [0.05, 0.1) is 6.57 Å². The minimum Gasteiger partial charge on any atom is -0.444 e. The highest BCUT2D eigenvalue weighted by Crippen LogP contribution is 2.33. The Labute approximate surface area is 221 Å². The van der Waals surface area contributed by atoms with Crippen LogP contribution in [-0.2, 0) is 16.1 Å². The maximum absolute atomic E-state index is 14.4. The minimum absolute atomic E-state index is 0.0198. The lowest BCUT2D eigenvalue weighted by molar-refractivity contribution is -0.133. The summed E-state index contributed by atoms with van der Waals surface area (Å²) in [6.07, 6.45) is 4.47. The fraction of sp³-hybridized carbons (Fsp3) is 0.393. The molecule has 1 saturated heterocycles. The first kappa shape index (κ1) is 26.8. The van der Waals surface area contributed by atoms with Crippen molar-refractivity contribution in [3.8, 4) is 22.4 Å². The second-order valence-corrected chi connectivity index (χ2v) is 10.4. The first-order valence-corrected chi connectivity index (χ1v) is 12.5. The molecule has 1 aliphatic rings. The van der Waals surface area contributed by atoms with Crippen molar-refractivity contribution >= 4 is 17.7 Å². The monoisotopic (exact) mass is 518 g/mol. The summed E-state index contributed by atoms with van der Waals surface area (Å²) in [5, 5.41) is 7.48. The van der Waals surface area contributed by atoms with Crippen molar-refractivity contribution in [3.05, 3.63) is 65.7 Å². The molecule has 0 unspecified atom stereocenters. The fourth-order valence-corrected chi connectivity index (χ4v) is 4.33. The highest BCUT2D eigenvalue weighted by atomic mass is 19.1. The Balaban J connectivity index is 1.54. The molecular formula is C28H31FN6O3. The first-order chi connectivity index (χ1) is 18.0. The summed E-state index contributed by atoms with van der Waals surface area (Å²) < 4.78 is 21.3. The third-order valence-electron chi connectivity index (χ3n) is 6.12. The number of halogens is 1. The molecule has 1 aliphatic heterocycles. The molecule has 0 spiro atoms. The number of nitrogens with zero attached hydrogens (tertiary/aromatic N) is 5. The Morgan fingerprint density at radius 2 is 2.00 bits per heavy atom. The van der Waals surface area contributed by atoms with Crippen molar-refractivity contribution in [2.75, 3.05) is 13.1 Å². The van der Waals surface area contributed by atoms with Gasteiger partial charge in [-0.2, -0.15) is 5.10 Å². The molecule has 3 aromatic rings. The van der Waals surface area contributed by atoms with Crippen LogP contribution in [-0.4, -0.2) is 56.4 Å². The van der Waals surface area contributed by atoms with E-state index in [1.165, 1.54) is 12.1 Å². The molecule has 38 heavy (non-hydrogen) atoms. The van der Waals surface area contributed by atoms with Crippen LogP contribution in [0.4, 0.5) is 14.9 Å². The Morgan fingerprint density at radius 1 is 1.24 bits per heavy atom. The smallest absolute Gasteiger partial charge is 0.407 e. The highest BCUT2D eigenvalue weighted by molar-refractivity contribution is 5.82. The van der Waals surface area contributed by atoms with E-state index in [1.807, 2.05) is 19.1 Å². The van der Waals surface area contributed by atoms with Crippen LogP contribution in [0.25, 0.3) is 27.2 Å². The number of amides is 2. The third kappa shape index (κ3) is 6.54. The number of benzene rings is 1. The van der Waals surface area contributed by atoms with Crippen molar-refractivity contribution in [1.82, 2.24) is 25.0 Å². The Kier molecular flexibility index (Phi) is 7.76. The van der Waals surface area contributed by atoms with Crippen LogP contribution in [0.5, 0.6) is 0 Å². The van der Waals surface area contributed by atoms with E-state index in [9.17, 15) is 14.0 Å². The third-order valence-corrected chi connectivity index (χ3v) is 6.12. The van der Waals surface area contributed by atoms with Gasteiger partial charge in [-0.05, 0) is 52.7 Å². The average Bonchev–Trinajstić information content (AvgIpc) is 3.27. The van der Waals surface area contributed by atoms with E-state index >= 15 is 0 Å². The second kappa shape index (κ2) is 11.0. The number of hydrogen-bond donors (Lipinski definition) is 1. The molecule has 9 nitrogen and oxygen atoms in total. The summed E-state index contributed by atoms with van der Waals surface area (Å²) in [7, 11) is 0. The van der Waals surface area contributed by atoms with Gasteiger partial charge in [0.1, 0.15) is 23.7 Å². The zero-order chi connectivity index (χ0) is 27.4. The molecule has 3 heterocycles. The molecule has 0 radical (unpaired) electrons. The Hall–Kier alpha value is -4.26. The second-order valence-electron chi connectivity index (χ2n) is 10.4. The van der Waals surface area contributed by atoms with Gasteiger partial charge in [-0.1, -0.05) is 18.2 Å². The quantitative estimate of drug-likeness (QED) is 0.473. The lowest BCUT2D eigenvalue weighted by Gasteiger charge is -2.33. The van der Waals surface area contributed by atoms with Gasteiger partial charge >= 0.3 is 6.09 Å². The van der Waals surface area contributed by atoms with E-state index in [0.717, 1.165) is 24.1 Å². The molecule has 4 rings (SSSR count). The summed E-state index contributed by atoms with van der Waals surface area (Å²) in [5.74, 6) is -0.772. The number of nitrogens with one attached hydrogen (secondary N) is 1. The number of hydrogen-bond acceptors (Lipinski definition) is 5. The van der Waals surface area contributed by atoms with Crippen LogP contribution in [0.2, 0.25) is 0 Å². The van der Waals surface area contributed by atoms with Crippen molar-refractivity contribution in [3.63, 3.8) is 0 Å². The van der Waals surface area contributed by atoms with E-state index < -0.39 is 17.5 Å². The maximum atomic E-state index is 14.4. The van der Waals surface area contributed by atoms with Gasteiger partial charge in [-0.15, -0.1) is 0 Å². The van der Waals surface area contributed by atoms with Gasteiger partial charge < -0.3 is 15.0 Å². The molecular weight excluding hydrogens is 487 g/mol. The van der Waals surface area contributed by atoms with E-state index in [-0.39, 0.29) is 24.2 Å². The SMILES string of the molecule is [C-]#[N+]c1ccc(-c2nn(CC(=O)N3CCC[C@@H](NC(=O)OC(C)(C)C)C3)cc2-c2ccc(C)nc2)cc1F. The molecule has 1 N–H and O–H groups in total. The van der Waals surface area contributed by atoms with Crippen LogP contribution in [0, 0.1) is 19.3 Å². The van der Waals surface area contributed by atoms with E-state index in [2.05, 4.69) is 20.2 Å². The van der Waals surface area contributed by atoms with Gasteiger partial charge in [0.2, 0.25) is 11.6 Å². The number of aryl methyl sites for hydroxylation is 1. The zero-order valence-corrected chi connectivity index (χ0v) is 22.0. The number of carbonyl (C=O) groups is 2. The number of rotatable bonds is 5. The molecule has 1 fully saturated rings. The molecule has 2 amide bonds. The molecule has 0 saturated carbocycles. The van der Waals surface area contributed by atoms with Crippen molar-refractivity contribution in [2.24, 2.45) is 0 Å². The molecule has 0 bridgehead atoms. The van der Waals surface area contributed by atoms with Crippen LogP contribution in [0.3, 0.4) is 0 Å². The molecule has 0 aliphatic carbocycles. The largest absolute Gasteiger partial charge is 0.444 e. The lowest BCUT2D eigenvalue weighted by atomic mass is 10.0. The van der Waals surface area contributed by atoms with E-state index in [4.69, 9.17) is 11.3 Å². The molecule has 2 aromatic heterocycles. The van der Waals surface area contributed by atoms with Crippen LogP contribution in [0.1, 0.15) is 39.3 Å². The predicted molar refractivity (Wildman–Crippen MR) is 141 cm³/mol.